The first kappa shape index (κ1) is 14.4. The highest BCUT2D eigenvalue weighted by Gasteiger charge is 2.07. The molecule has 0 saturated carbocycles. The number of imidazole rings is 1. The average Bonchev–Trinajstić information content (AvgIpc) is 2.76. The lowest BCUT2D eigenvalue weighted by molar-refractivity contribution is 0.612. The van der Waals surface area contributed by atoms with E-state index in [9.17, 15) is 0 Å². The van der Waals surface area contributed by atoms with E-state index < -0.39 is 0 Å². The molecule has 0 unspecified atom stereocenters. The van der Waals surface area contributed by atoms with Crippen molar-refractivity contribution in [3.63, 3.8) is 0 Å². The molecule has 1 aromatic heterocycles. The van der Waals surface area contributed by atoms with Crippen molar-refractivity contribution in [3.8, 4) is 0 Å². The molecule has 2 rings (SSSR count). The van der Waals surface area contributed by atoms with Crippen molar-refractivity contribution in [1.82, 2.24) is 20.2 Å². The predicted molar refractivity (Wildman–Crippen MR) is 83.8 cm³/mol. The second kappa shape index (κ2) is 6.41. The van der Waals surface area contributed by atoms with Crippen LogP contribution in [0.2, 0.25) is 0 Å². The molecule has 5 nitrogen and oxygen atoms in total. The highest BCUT2D eigenvalue weighted by molar-refractivity contribution is 5.80. The lowest BCUT2D eigenvalue weighted by Crippen LogP contribution is -2.39. The molecule has 1 aromatic carbocycles. The first-order valence-electron chi connectivity index (χ1n) is 6.96. The van der Waals surface area contributed by atoms with E-state index in [1.807, 2.05) is 25.2 Å². The molecule has 0 spiro atoms. The largest absolute Gasteiger partial charge is 0.356 e. The molecule has 20 heavy (non-hydrogen) atoms. The van der Waals surface area contributed by atoms with Crippen LogP contribution in [0, 0.1) is 5.92 Å². The van der Waals surface area contributed by atoms with Crippen molar-refractivity contribution < 1.29 is 0 Å². The lowest BCUT2D eigenvalue weighted by atomic mass is 10.2. The van der Waals surface area contributed by atoms with E-state index in [0.717, 1.165) is 29.4 Å². The summed E-state index contributed by atoms with van der Waals surface area (Å²) < 4.78 is 2.11. The number of aryl methyl sites for hydroxylation is 1. The highest BCUT2D eigenvalue weighted by atomic mass is 15.2. The maximum atomic E-state index is 4.63. The van der Waals surface area contributed by atoms with Crippen molar-refractivity contribution in [2.45, 2.75) is 20.4 Å². The molecule has 1 heterocycles. The number of nitrogens with zero attached hydrogens (tertiary/aromatic N) is 3. The lowest BCUT2D eigenvalue weighted by Gasteiger charge is -2.13. The molecule has 0 radical (unpaired) electrons. The van der Waals surface area contributed by atoms with Crippen LogP contribution in [-0.4, -0.2) is 29.1 Å². The zero-order valence-electron chi connectivity index (χ0n) is 12.6. The van der Waals surface area contributed by atoms with E-state index in [2.05, 4.69) is 45.1 Å². The number of hydrogen-bond donors (Lipinski definition) is 2. The number of benzene rings is 1. The number of hydrogen-bond acceptors (Lipinski definition) is 2. The molecule has 5 heteroatoms. The number of fused-ring (bicyclic) bond motifs is 1. The molecule has 108 valence electrons. The summed E-state index contributed by atoms with van der Waals surface area (Å²) in [5.74, 6) is 2.40. The molecule has 2 N–H and O–H groups in total. The fraction of sp³-hybridized carbons (Fsp3) is 0.467. The fourth-order valence-corrected chi connectivity index (χ4v) is 2.04. The number of guanidine groups is 1. The van der Waals surface area contributed by atoms with Crippen LogP contribution < -0.4 is 10.6 Å². The van der Waals surface area contributed by atoms with E-state index in [1.54, 1.807) is 7.05 Å². The van der Waals surface area contributed by atoms with Gasteiger partial charge in [0.2, 0.25) is 0 Å². The summed E-state index contributed by atoms with van der Waals surface area (Å²) in [7, 11) is 3.82. The van der Waals surface area contributed by atoms with Gasteiger partial charge in [0.1, 0.15) is 5.82 Å². The molecular formula is C15H23N5. The van der Waals surface area contributed by atoms with Gasteiger partial charge in [-0.15, -0.1) is 0 Å². The van der Waals surface area contributed by atoms with Gasteiger partial charge in [0.15, 0.2) is 5.96 Å². The van der Waals surface area contributed by atoms with Crippen LogP contribution in [0.15, 0.2) is 29.3 Å². The summed E-state index contributed by atoms with van der Waals surface area (Å²) in [5, 5.41) is 6.59. The van der Waals surface area contributed by atoms with Gasteiger partial charge in [-0.2, -0.15) is 0 Å². The van der Waals surface area contributed by atoms with Crippen LogP contribution >= 0.6 is 0 Å². The summed E-state index contributed by atoms with van der Waals surface area (Å²) >= 11 is 0. The first-order chi connectivity index (χ1) is 9.61. The Hall–Kier alpha value is -2.04. The maximum absolute atomic E-state index is 4.63. The summed E-state index contributed by atoms with van der Waals surface area (Å²) in [6.07, 6.45) is 0. The number of aliphatic imine (C=N–C) groups is 1. The Morgan fingerprint density at radius 2 is 2.05 bits per heavy atom. The zero-order valence-corrected chi connectivity index (χ0v) is 12.6. The summed E-state index contributed by atoms with van der Waals surface area (Å²) in [6, 6.07) is 8.16. The van der Waals surface area contributed by atoms with Gasteiger partial charge < -0.3 is 15.2 Å². The van der Waals surface area contributed by atoms with Gasteiger partial charge >= 0.3 is 0 Å². The van der Waals surface area contributed by atoms with Crippen LogP contribution in [-0.2, 0) is 13.6 Å². The first-order valence-corrected chi connectivity index (χ1v) is 6.96. The van der Waals surface area contributed by atoms with Gasteiger partial charge in [0.25, 0.3) is 0 Å². The van der Waals surface area contributed by atoms with Crippen molar-refractivity contribution >= 4 is 17.0 Å². The van der Waals surface area contributed by atoms with E-state index in [1.165, 1.54) is 0 Å². The van der Waals surface area contributed by atoms with Crippen LogP contribution in [0.1, 0.15) is 19.7 Å². The number of nitrogens with one attached hydrogen (secondary N) is 2. The third-order valence-corrected chi connectivity index (χ3v) is 3.20. The normalized spacial score (nSPS) is 12.2. The monoisotopic (exact) mass is 273 g/mol. The Balaban J connectivity index is 2.03. The van der Waals surface area contributed by atoms with Crippen molar-refractivity contribution in [2.75, 3.05) is 13.6 Å². The number of aromatic nitrogens is 2. The van der Waals surface area contributed by atoms with E-state index in [-0.39, 0.29) is 0 Å². The predicted octanol–water partition coefficient (Wildman–Crippen LogP) is 1.89. The molecule has 0 fully saturated rings. The molecule has 0 saturated heterocycles. The smallest absolute Gasteiger partial charge is 0.191 e. The van der Waals surface area contributed by atoms with E-state index in [0.29, 0.717) is 12.5 Å². The van der Waals surface area contributed by atoms with Crippen LogP contribution in [0.4, 0.5) is 0 Å². The van der Waals surface area contributed by atoms with Gasteiger partial charge in [-0.25, -0.2) is 4.98 Å². The molecule has 0 aliphatic carbocycles. The number of para-hydroxylation sites is 2. The van der Waals surface area contributed by atoms with Crippen LogP contribution in [0.3, 0.4) is 0 Å². The third-order valence-electron chi connectivity index (χ3n) is 3.20. The SMILES string of the molecule is CN=C(NCc1nc2ccccc2n1C)NCC(C)C. The minimum absolute atomic E-state index is 0.587. The van der Waals surface area contributed by atoms with Gasteiger partial charge in [0, 0.05) is 20.6 Å². The second-order valence-electron chi connectivity index (χ2n) is 5.28. The van der Waals surface area contributed by atoms with Crippen molar-refractivity contribution in [3.05, 3.63) is 30.1 Å². The van der Waals surface area contributed by atoms with Gasteiger partial charge in [-0.1, -0.05) is 26.0 Å². The molecule has 2 aromatic rings. The quantitative estimate of drug-likeness (QED) is 0.661. The average molecular weight is 273 g/mol. The second-order valence-corrected chi connectivity index (χ2v) is 5.28. The minimum atomic E-state index is 0.587. The Kier molecular flexibility index (Phi) is 4.61. The minimum Gasteiger partial charge on any atom is -0.356 e. The zero-order chi connectivity index (χ0) is 14.5. The topological polar surface area (TPSA) is 54.2 Å². The highest BCUT2D eigenvalue weighted by Crippen LogP contribution is 2.13. The molecule has 0 amide bonds. The summed E-state index contributed by atoms with van der Waals surface area (Å²) in [6.45, 7) is 5.91. The fourth-order valence-electron chi connectivity index (χ4n) is 2.04. The van der Waals surface area contributed by atoms with Gasteiger partial charge in [-0.3, -0.25) is 4.99 Å². The van der Waals surface area contributed by atoms with Crippen LogP contribution in [0.5, 0.6) is 0 Å². The molecule has 0 bridgehead atoms. The molecular weight excluding hydrogens is 250 g/mol. The van der Waals surface area contributed by atoms with E-state index in [4.69, 9.17) is 0 Å². The molecule has 0 atom stereocenters. The van der Waals surface area contributed by atoms with Crippen LogP contribution in [0.25, 0.3) is 11.0 Å². The summed E-state index contributed by atoms with van der Waals surface area (Å²) in [5.41, 5.74) is 2.17. The number of rotatable bonds is 4. The Labute approximate surface area is 120 Å². The third kappa shape index (κ3) is 3.29. The van der Waals surface area contributed by atoms with Gasteiger partial charge in [-0.05, 0) is 18.1 Å². The van der Waals surface area contributed by atoms with Crippen molar-refractivity contribution in [1.29, 1.82) is 0 Å². The van der Waals surface area contributed by atoms with Crippen molar-refractivity contribution in [2.24, 2.45) is 18.0 Å². The Morgan fingerprint density at radius 3 is 2.70 bits per heavy atom. The molecule has 0 aliphatic heterocycles. The summed E-state index contributed by atoms with van der Waals surface area (Å²) in [4.78, 5) is 8.85. The molecule has 0 aliphatic rings. The maximum Gasteiger partial charge on any atom is 0.191 e. The Bertz CT molecular complexity index is 597. The standard InChI is InChI=1S/C15H23N5/c1-11(2)9-17-15(16-3)18-10-14-19-12-7-5-6-8-13(12)20(14)4/h5-8,11H,9-10H2,1-4H3,(H2,16,17,18). The van der Waals surface area contributed by atoms with E-state index >= 15 is 0 Å². The van der Waals surface area contributed by atoms with Gasteiger partial charge in [0.05, 0.1) is 17.6 Å². The Morgan fingerprint density at radius 1 is 1.30 bits per heavy atom.